The lowest BCUT2D eigenvalue weighted by Crippen LogP contribution is -2.27. The zero-order valence-electron chi connectivity index (χ0n) is 14.0. The van der Waals surface area contributed by atoms with Crippen LogP contribution >= 0.6 is 15.9 Å². The third-order valence-electron chi connectivity index (χ3n) is 3.55. The van der Waals surface area contributed by atoms with Gasteiger partial charge in [0.2, 0.25) is 0 Å². The molecule has 9 nitrogen and oxygen atoms in total. The van der Waals surface area contributed by atoms with E-state index in [0.717, 1.165) is 10.7 Å². The minimum absolute atomic E-state index is 0.0953. The summed E-state index contributed by atoms with van der Waals surface area (Å²) in [5, 5.41) is 17.1. The number of para-hydroxylation sites is 1. The van der Waals surface area contributed by atoms with Crippen LogP contribution in [0.15, 0.2) is 57.7 Å². The van der Waals surface area contributed by atoms with Gasteiger partial charge in [-0.1, -0.05) is 12.1 Å². The van der Waals surface area contributed by atoms with Gasteiger partial charge in [-0.3, -0.25) is 19.6 Å². The molecular weight excluding hydrogens is 420 g/mol. The van der Waals surface area contributed by atoms with Gasteiger partial charge in [-0.25, -0.2) is 0 Å². The number of amides is 1. The third kappa shape index (κ3) is 4.94. The minimum Gasteiger partial charge on any atom is -0.484 e. The number of carbonyl (C=O) groups is 1. The number of nitrogens with one attached hydrogen (secondary N) is 1. The van der Waals surface area contributed by atoms with Crippen molar-refractivity contribution < 1.29 is 18.9 Å². The molecule has 0 fully saturated rings. The van der Waals surface area contributed by atoms with Crippen LogP contribution in [0.5, 0.6) is 5.75 Å². The van der Waals surface area contributed by atoms with Gasteiger partial charge >= 0.3 is 5.69 Å². The molecule has 1 amide bonds. The first-order chi connectivity index (χ1) is 13.0. The van der Waals surface area contributed by atoms with Crippen molar-refractivity contribution in [3.8, 4) is 5.75 Å². The highest BCUT2D eigenvalue weighted by Crippen LogP contribution is 2.25. The van der Waals surface area contributed by atoms with Gasteiger partial charge in [0.25, 0.3) is 5.91 Å². The molecule has 3 aromatic rings. The fourth-order valence-electron chi connectivity index (χ4n) is 2.23. The van der Waals surface area contributed by atoms with Crippen LogP contribution in [0.4, 0.5) is 5.69 Å². The molecule has 0 atom stereocenters. The van der Waals surface area contributed by atoms with Crippen LogP contribution in [-0.2, 0) is 13.2 Å². The fourth-order valence-corrected chi connectivity index (χ4v) is 2.63. The van der Waals surface area contributed by atoms with Crippen molar-refractivity contribution in [1.82, 2.24) is 15.1 Å². The molecular formula is C17H15BrN4O5. The maximum atomic E-state index is 12.1. The number of hydrogen-bond donors (Lipinski definition) is 1. The lowest BCUT2D eigenvalue weighted by Gasteiger charge is -2.06. The second-order valence-corrected chi connectivity index (χ2v) is 6.31. The summed E-state index contributed by atoms with van der Waals surface area (Å²) < 4.78 is 13.3. The molecule has 0 aliphatic rings. The second kappa shape index (κ2) is 8.49. The predicted octanol–water partition coefficient (Wildman–Crippen LogP) is 3.16. The highest BCUT2D eigenvalue weighted by molar-refractivity contribution is 9.10. The topological polar surface area (TPSA) is 112 Å². The van der Waals surface area contributed by atoms with Crippen molar-refractivity contribution >= 4 is 27.5 Å². The Hall–Kier alpha value is -3.14. The van der Waals surface area contributed by atoms with Crippen molar-refractivity contribution in [3.63, 3.8) is 0 Å². The first-order valence-electron chi connectivity index (χ1n) is 7.94. The summed E-state index contributed by atoms with van der Waals surface area (Å²) in [5.41, 5.74) is -0.0953. The van der Waals surface area contributed by atoms with Gasteiger partial charge in [0.1, 0.15) is 30.5 Å². The van der Waals surface area contributed by atoms with Gasteiger partial charge in [-0.2, -0.15) is 5.10 Å². The molecule has 1 aromatic carbocycles. The summed E-state index contributed by atoms with van der Waals surface area (Å²) in [4.78, 5) is 22.2. The summed E-state index contributed by atoms with van der Waals surface area (Å²) in [7, 11) is 0. The van der Waals surface area contributed by atoms with E-state index in [1.165, 1.54) is 10.9 Å². The monoisotopic (exact) mass is 434 g/mol. The van der Waals surface area contributed by atoms with E-state index in [0.29, 0.717) is 18.1 Å². The molecule has 0 unspecified atom stereocenters. The van der Waals surface area contributed by atoms with E-state index in [9.17, 15) is 14.9 Å². The van der Waals surface area contributed by atoms with E-state index >= 15 is 0 Å². The normalized spacial score (nSPS) is 10.6. The highest BCUT2D eigenvalue weighted by Gasteiger charge is 2.12. The van der Waals surface area contributed by atoms with Crippen molar-refractivity contribution in [3.05, 3.63) is 74.9 Å². The summed E-state index contributed by atoms with van der Waals surface area (Å²) in [6, 6.07) is 10.7. The molecule has 10 heteroatoms. The first-order valence-corrected chi connectivity index (χ1v) is 8.73. The number of hydrogen-bond acceptors (Lipinski definition) is 6. The average Bonchev–Trinajstić information content (AvgIpc) is 3.30. The second-order valence-electron chi connectivity index (χ2n) is 5.46. The molecule has 0 aliphatic heterocycles. The smallest absolute Gasteiger partial charge is 0.306 e. The molecule has 0 saturated carbocycles. The number of benzene rings is 1. The van der Waals surface area contributed by atoms with E-state index in [2.05, 4.69) is 26.3 Å². The lowest BCUT2D eigenvalue weighted by molar-refractivity contribution is -0.385. The Morgan fingerprint density at radius 2 is 2.15 bits per heavy atom. The number of nitrogens with zero attached hydrogens (tertiary/aromatic N) is 3. The molecule has 1 N–H and O–H groups in total. The van der Waals surface area contributed by atoms with Gasteiger partial charge in [-0.05, 0) is 40.2 Å². The predicted molar refractivity (Wildman–Crippen MR) is 98.4 cm³/mol. The van der Waals surface area contributed by atoms with Crippen LogP contribution in [0.25, 0.3) is 0 Å². The van der Waals surface area contributed by atoms with Gasteiger partial charge in [0.15, 0.2) is 5.76 Å². The van der Waals surface area contributed by atoms with E-state index in [-0.39, 0.29) is 30.5 Å². The molecule has 3 rings (SSSR count). The Bertz CT molecular complexity index is 952. The Kier molecular flexibility index (Phi) is 5.87. The Morgan fingerprint density at radius 3 is 2.89 bits per heavy atom. The Labute approximate surface area is 162 Å². The summed E-state index contributed by atoms with van der Waals surface area (Å²) in [6.45, 7) is 0.742. The maximum Gasteiger partial charge on any atom is 0.306 e. The maximum absolute atomic E-state index is 12.1. The molecule has 0 spiro atoms. The molecule has 140 valence electrons. The van der Waals surface area contributed by atoms with Crippen LogP contribution in [0.3, 0.4) is 0 Å². The van der Waals surface area contributed by atoms with Crippen molar-refractivity contribution in [2.24, 2.45) is 0 Å². The minimum atomic E-state index is -0.525. The van der Waals surface area contributed by atoms with Gasteiger partial charge in [-0.15, -0.1) is 0 Å². The number of rotatable bonds is 8. The van der Waals surface area contributed by atoms with Crippen molar-refractivity contribution in [1.29, 1.82) is 0 Å². The number of aromatic nitrogens is 2. The van der Waals surface area contributed by atoms with Crippen LogP contribution in [0.1, 0.15) is 16.3 Å². The lowest BCUT2D eigenvalue weighted by atomic mass is 10.3. The number of nitro groups is 1. The Morgan fingerprint density at radius 1 is 1.33 bits per heavy atom. The van der Waals surface area contributed by atoms with Crippen LogP contribution in [-0.4, -0.2) is 27.2 Å². The number of furan rings is 1. The molecule has 27 heavy (non-hydrogen) atoms. The molecule has 0 bridgehead atoms. The molecule has 2 heterocycles. The van der Waals surface area contributed by atoms with Crippen LogP contribution in [0.2, 0.25) is 0 Å². The summed E-state index contributed by atoms with van der Waals surface area (Å²) >= 11 is 3.39. The standard InChI is InChI=1S/C17H15BrN4O5/c18-14-3-1-2-4-15(14)26-11-13-5-6-16(27-13)17(23)19-7-8-21-10-12(9-20-21)22(24)25/h1-6,9-10H,7-8,11H2,(H,19,23). The fraction of sp³-hybridized carbons (Fsp3) is 0.176. The van der Waals surface area contributed by atoms with E-state index < -0.39 is 4.92 Å². The van der Waals surface area contributed by atoms with Gasteiger partial charge < -0.3 is 14.5 Å². The van der Waals surface area contributed by atoms with Crippen molar-refractivity contribution in [2.75, 3.05) is 6.54 Å². The molecule has 0 radical (unpaired) electrons. The average molecular weight is 435 g/mol. The third-order valence-corrected chi connectivity index (χ3v) is 4.20. The summed E-state index contributed by atoms with van der Waals surface area (Å²) in [6.07, 6.45) is 2.46. The van der Waals surface area contributed by atoms with Crippen LogP contribution < -0.4 is 10.1 Å². The SMILES string of the molecule is O=C(NCCn1cc([N+](=O)[O-])cn1)c1ccc(COc2ccccc2Br)o1. The molecule has 0 saturated heterocycles. The number of halogens is 1. The zero-order chi connectivity index (χ0) is 19.2. The quantitative estimate of drug-likeness (QED) is 0.430. The van der Waals surface area contributed by atoms with E-state index in [1.54, 1.807) is 12.1 Å². The van der Waals surface area contributed by atoms with E-state index in [4.69, 9.17) is 9.15 Å². The first kappa shape index (κ1) is 18.6. The van der Waals surface area contributed by atoms with Gasteiger partial charge in [0.05, 0.1) is 15.9 Å². The molecule has 0 aliphatic carbocycles. The Balaban J connectivity index is 1.47. The summed E-state index contributed by atoms with van der Waals surface area (Å²) in [5.74, 6) is 0.961. The number of ether oxygens (including phenoxy) is 1. The largest absolute Gasteiger partial charge is 0.484 e. The highest BCUT2D eigenvalue weighted by atomic mass is 79.9. The van der Waals surface area contributed by atoms with E-state index in [1.807, 2.05) is 24.3 Å². The van der Waals surface area contributed by atoms with Crippen molar-refractivity contribution in [2.45, 2.75) is 13.2 Å². The van der Waals surface area contributed by atoms with Gasteiger partial charge in [0, 0.05) is 6.54 Å². The number of carbonyl (C=O) groups excluding carboxylic acids is 1. The zero-order valence-corrected chi connectivity index (χ0v) is 15.6. The van der Waals surface area contributed by atoms with Crippen LogP contribution in [0, 0.1) is 10.1 Å². The molecule has 2 aromatic heterocycles.